The Morgan fingerprint density at radius 2 is 2.14 bits per heavy atom. The van der Waals surface area contributed by atoms with Crippen molar-refractivity contribution in [2.24, 2.45) is 10.3 Å². The van der Waals surface area contributed by atoms with E-state index in [2.05, 4.69) is 10.3 Å². The molecule has 0 saturated heterocycles. The van der Waals surface area contributed by atoms with E-state index in [1.165, 1.54) is 5.01 Å². The molecule has 0 amide bonds. The Morgan fingerprint density at radius 1 is 1.36 bits per heavy atom. The molecule has 2 rings (SSSR count). The summed E-state index contributed by atoms with van der Waals surface area (Å²) in [4.78, 5) is 14.6. The van der Waals surface area contributed by atoms with E-state index in [1.54, 1.807) is 0 Å². The molecular formula is C10H11N3O. The summed E-state index contributed by atoms with van der Waals surface area (Å²) in [7, 11) is 0. The van der Waals surface area contributed by atoms with Gasteiger partial charge in [-0.3, -0.25) is 4.99 Å². The van der Waals surface area contributed by atoms with Crippen molar-refractivity contribution >= 4 is 5.84 Å². The van der Waals surface area contributed by atoms with Crippen molar-refractivity contribution < 1.29 is 0 Å². The maximum atomic E-state index is 10.4. The Balaban J connectivity index is 2.08. The maximum Gasteiger partial charge on any atom is 0.127 e. The molecule has 0 aromatic heterocycles. The van der Waals surface area contributed by atoms with Gasteiger partial charge in [0.2, 0.25) is 0 Å². The van der Waals surface area contributed by atoms with Gasteiger partial charge < -0.3 is 0 Å². The topological polar surface area (TPSA) is 45.0 Å². The van der Waals surface area contributed by atoms with Gasteiger partial charge in [0.1, 0.15) is 5.84 Å². The number of amidine groups is 1. The molecule has 4 heteroatoms. The van der Waals surface area contributed by atoms with E-state index in [9.17, 15) is 4.91 Å². The van der Waals surface area contributed by atoms with Gasteiger partial charge in [0.25, 0.3) is 0 Å². The standard InChI is InChI=1S/C10H11N3O/c14-12-13-7-6-11-10(13)8-9-4-2-1-3-5-9/h1-5H,6-8H2. The van der Waals surface area contributed by atoms with Crippen molar-refractivity contribution in [1.29, 1.82) is 0 Å². The van der Waals surface area contributed by atoms with E-state index >= 15 is 0 Å². The monoisotopic (exact) mass is 189 g/mol. The molecule has 0 radical (unpaired) electrons. The van der Waals surface area contributed by atoms with Crippen molar-refractivity contribution in [2.75, 3.05) is 13.1 Å². The summed E-state index contributed by atoms with van der Waals surface area (Å²) in [6, 6.07) is 9.95. The first-order chi connectivity index (χ1) is 6.90. The second-order valence-corrected chi connectivity index (χ2v) is 3.17. The average Bonchev–Trinajstić information content (AvgIpc) is 2.67. The summed E-state index contributed by atoms with van der Waals surface area (Å²) >= 11 is 0. The highest BCUT2D eigenvalue weighted by atomic mass is 16.3. The predicted molar refractivity (Wildman–Crippen MR) is 54.9 cm³/mol. The Bertz CT molecular complexity index is 348. The van der Waals surface area contributed by atoms with Gasteiger partial charge in [0, 0.05) is 6.42 Å². The van der Waals surface area contributed by atoms with Crippen LogP contribution in [0, 0.1) is 4.91 Å². The minimum Gasteiger partial charge on any atom is -0.268 e. The fourth-order valence-corrected chi connectivity index (χ4v) is 1.50. The molecule has 1 aliphatic rings. The van der Waals surface area contributed by atoms with E-state index in [0.29, 0.717) is 19.5 Å². The van der Waals surface area contributed by atoms with Crippen LogP contribution < -0.4 is 0 Å². The van der Waals surface area contributed by atoms with Crippen LogP contribution in [0.4, 0.5) is 0 Å². The lowest BCUT2D eigenvalue weighted by Crippen LogP contribution is -2.22. The number of hydrogen-bond acceptors (Lipinski definition) is 3. The molecule has 0 atom stereocenters. The van der Waals surface area contributed by atoms with Crippen molar-refractivity contribution in [1.82, 2.24) is 5.01 Å². The maximum absolute atomic E-state index is 10.4. The van der Waals surface area contributed by atoms with Crippen LogP contribution >= 0.6 is 0 Å². The molecule has 1 heterocycles. The van der Waals surface area contributed by atoms with Gasteiger partial charge in [0.15, 0.2) is 0 Å². The van der Waals surface area contributed by atoms with Crippen LogP contribution in [0.15, 0.2) is 40.6 Å². The second-order valence-electron chi connectivity index (χ2n) is 3.17. The van der Waals surface area contributed by atoms with Crippen molar-refractivity contribution in [3.8, 4) is 0 Å². The van der Waals surface area contributed by atoms with E-state index in [4.69, 9.17) is 0 Å². The first kappa shape index (κ1) is 8.87. The Morgan fingerprint density at radius 3 is 2.86 bits per heavy atom. The average molecular weight is 189 g/mol. The highest BCUT2D eigenvalue weighted by molar-refractivity contribution is 5.85. The molecule has 1 aliphatic heterocycles. The number of nitroso groups, excluding NO2 is 1. The van der Waals surface area contributed by atoms with E-state index < -0.39 is 0 Å². The SMILES string of the molecule is O=NN1CCN=C1Cc1ccccc1. The molecular weight excluding hydrogens is 178 g/mol. The van der Waals surface area contributed by atoms with Crippen molar-refractivity contribution in [3.05, 3.63) is 40.8 Å². The van der Waals surface area contributed by atoms with Crippen molar-refractivity contribution in [2.45, 2.75) is 6.42 Å². The molecule has 72 valence electrons. The first-order valence-electron chi connectivity index (χ1n) is 4.58. The Hall–Kier alpha value is -1.71. The van der Waals surface area contributed by atoms with Crippen LogP contribution in [-0.4, -0.2) is 23.9 Å². The molecule has 0 saturated carbocycles. The molecule has 0 fully saturated rings. The van der Waals surface area contributed by atoms with Gasteiger partial charge in [-0.1, -0.05) is 30.3 Å². The van der Waals surface area contributed by atoms with E-state index in [1.807, 2.05) is 30.3 Å². The summed E-state index contributed by atoms with van der Waals surface area (Å²) in [6.45, 7) is 1.29. The Labute approximate surface area is 82.2 Å². The van der Waals surface area contributed by atoms with Gasteiger partial charge in [0.05, 0.1) is 18.4 Å². The number of rotatable bonds is 3. The number of hydrogen-bond donors (Lipinski definition) is 0. The van der Waals surface area contributed by atoms with Crippen LogP contribution in [0.2, 0.25) is 0 Å². The summed E-state index contributed by atoms with van der Waals surface area (Å²) in [6.07, 6.45) is 0.687. The minimum atomic E-state index is 0.617. The van der Waals surface area contributed by atoms with Crippen LogP contribution in [0.3, 0.4) is 0 Å². The molecule has 14 heavy (non-hydrogen) atoms. The molecule has 1 aromatic rings. The van der Waals surface area contributed by atoms with E-state index in [-0.39, 0.29) is 0 Å². The number of nitrogens with zero attached hydrogens (tertiary/aromatic N) is 3. The second kappa shape index (κ2) is 4.00. The van der Waals surface area contributed by atoms with Crippen LogP contribution in [0.25, 0.3) is 0 Å². The third kappa shape index (κ3) is 1.79. The lowest BCUT2D eigenvalue weighted by atomic mass is 10.1. The summed E-state index contributed by atoms with van der Waals surface area (Å²) in [5, 5.41) is 4.34. The van der Waals surface area contributed by atoms with Gasteiger partial charge in [-0.2, -0.15) is 0 Å². The number of aliphatic imine (C=N–C) groups is 1. The minimum absolute atomic E-state index is 0.617. The summed E-state index contributed by atoms with van der Waals surface area (Å²) in [5.74, 6) is 0.770. The fourth-order valence-electron chi connectivity index (χ4n) is 1.50. The highest BCUT2D eigenvalue weighted by Gasteiger charge is 2.16. The predicted octanol–water partition coefficient (Wildman–Crippen LogP) is 1.62. The smallest absolute Gasteiger partial charge is 0.127 e. The third-order valence-electron chi connectivity index (χ3n) is 2.21. The van der Waals surface area contributed by atoms with Gasteiger partial charge in [-0.15, -0.1) is 4.91 Å². The normalized spacial score (nSPS) is 15.4. The van der Waals surface area contributed by atoms with Gasteiger partial charge in [-0.25, -0.2) is 5.01 Å². The van der Waals surface area contributed by atoms with E-state index in [0.717, 1.165) is 11.4 Å². The summed E-state index contributed by atoms with van der Waals surface area (Å²) < 4.78 is 0. The fraction of sp³-hybridized carbons (Fsp3) is 0.300. The molecule has 0 unspecified atom stereocenters. The largest absolute Gasteiger partial charge is 0.268 e. The zero-order valence-electron chi connectivity index (χ0n) is 7.76. The van der Waals surface area contributed by atoms with Crippen LogP contribution in [0.5, 0.6) is 0 Å². The molecule has 4 nitrogen and oxygen atoms in total. The molecule has 0 bridgehead atoms. The first-order valence-corrected chi connectivity index (χ1v) is 4.58. The lowest BCUT2D eigenvalue weighted by Gasteiger charge is -2.09. The third-order valence-corrected chi connectivity index (χ3v) is 2.21. The zero-order valence-corrected chi connectivity index (χ0v) is 7.76. The summed E-state index contributed by atoms with van der Waals surface area (Å²) in [5.41, 5.74) is 1.15. The molecule has 1 aromatic carbocycles. The van der Waals surface area contributed by atoms with Crippen molar-refractivity contribution in [3.63, 3.8) is 0 Å². The Kier molecular flexibility index (Phi) is 2.53. The lowest BCUT2D eigenvalue weighted by molar-refractivity contribution is 0.476. The molecule has 0 aliphatic carbocycles. The van der Waals surface area contributed by atoms with Gasteiger partial charge >= 0.3 is 0 Å². The molecule has 0 N–H and O–H groups in total. The zero-order chi connectivity index (χ0) is 9.80. The highest BCUT2D eigenvalue weighted by Crippen LogP contribution is 2.08. The van der Waals surface area contributed by atoms with Crippen LogP contribution in [0.1, 0.15) is 5.56 Å². The molecule has 0 spiro atoms. The van der Waals surface area contributed by atoms with Gasteiger partial charge in [-0.05, 0) is 5.56 Å². The quantitative estimate of drug-likeness (QED) is 0.678. The van der Waals surface area contributed by atoms with Crippen LogP contribution in [-0.2, 0) is 6.42 Å². The number of benzene rings is 1.